The van der Waals surface area contributed by atoms with Gasteiger partial charge in [-0.05, 0) is 37.0 Å². The first-order valence-electron chi connectivity index (χ1n) is 4.68. The van der Waals surface area contributed by atoms with E-state index in [0.717, 1.165) is 30.8 Å². The Bertz CT molecular complexity index is 117. The minimum Gasteiger partial charge on any atom is -0.371 e. The van der Waals surface area contributed by atoms with Crippen LogP contribution in [0.2, 0.25) is 0 Å². The van der Waals surface area contributed by atoms with Crippen molar-refractivity contribution in [1.29, 1.82) is 0 Å². The third kappa shape index (κ3) is 5.01. The molecule has 1 aliphatic carbocycles. The van der Waals surface area contributed by atoms with Gasteiger partial charge < -0.3 is 10.5 Å². The highest BCUT2D eigenvalue weighted by molar-refractivity contribution is 7.99. The van der Waals surface area contributed by atoms with Gasteiger partial charge in [-0.1, -0.05) is 6.92 Å². The summed E-state index contributed by atoms with van der Waals surface area (Å²) < 4.78 is 5.47. The minimum atomic E-state index is 0.625. The van der Waals surface area contributed by atoms with Crippen molar-refractivity contribution in [3.63, 3.8) is 0 Å². The predicted molar refractivity (Wildman–Crippen MR) is 54.2 cm³/mol. The van der Waals surface area contributed by atoms with Crippen LogP contribution >= 0.6 is 11.8 Å². The van der Waals surface area contributed by atoms with Crippen molar-refractivity contribution >= 4 is 11.8 Å². The summed E-state index contributed by atoms with van der Waals surface area (Å²) in [4.78, 5) is 0. The van der Waals surface area contributed by atoms with Crippen LogP contribution in [0.25, 0.3) is 0 Å². The first-order valence-corrected chi connectivity index (χ1v) is 5.84. The van der Waals surface area contributed by atoms with Gasteiger partial charge in [-0.25, -0.2) is 0 Å². The standard InChI is InChI=1S/C9H19NOS/c1-8(4-10)6-12-7-11-5-9-2-3-9/h8-9H,2-7,10H2,1H3. The Labute approximate surface area is 79.2 Å². The summed E-state index contributed by atoms with van der Waals surface area (Å²) in [6, 6.07) is 0. The summed E-state index contributed by atoms with van der Waals surface area (Å²) in [6.07, 6.45) is 2.76. The predicted octanol–water partition coefficient (Wildman–Crippen LogP) is 1.70. The van der Waals surface area contributed by atoms with E-state index in [1.165, 1.54) is 12.8 Å². The Morgan fingerprint density at radius 2 is 2.33 bits per heavy atom. The Balaban J connectivity index is 1.75. The Kier molecular flexibility index (Phi) is 5.04. The molecule has 1 rings (SSSR count). The van der Waals surface area contributed by atoms with E-state index in [-0.39, 0.29) is 0 Å². The van der Waals surface area contributed by atoms with Crippen molar-refractivity contribution in [3.05, 3.63) is 0 Å². The quantitative estimate of drug-likeness (QED) is 0.489. The molecule has 0 amide bonds. The molecule has 0 saturated heterocycles. The number of thioether (sulfide) groups is 1. The highest BCUT2D eigenvalue weighted by atomic mass is 32.2. The number of hydrogen-bond acceptors (Lipinski definition) is 3. The first kappa shape index (κ1) is 10.4. The summed E-state index contributed by atoms with van der Waals surface area (Å²) in [5.74, 6) is 3.49. The van der Waals surface area contributed by atoms with Gasteiger partial charge in [-0.2, -0.15) is 0 Å². The molecule has 0 aromatic carbocycles. The molecule has 1 fully saturated rings. The van der Waals surface area contributed by atoms with Crippen molar-refractivity contribution in [3.8, 4) is 0 Å². The number of rotatable bonds is 7. The summed E-state index contributed by atoms with van der Waals surface area (Å²) in [7, 11) is 0. The molecule has 1 unspecified atom stereocenters. The van der Waals surface area contributed by atoms with E-state index in [1.54, 1.807) is 0 Å². The third-order valence-corrected chi connectivity index (χ3v) is 3.16. The lowest BCUT2D eigenvalue weighted by atomic mass is 10.2. The second-order valence-electron chi connectivity index (χ2n) is 3.64. The number of ether oxygens (including phenoxy) is 1. The maximum Gasteiger partial charge on any atom is 0.0921 e. The Morgan fingerprint density at radius 3 is 2.92 bits per heavy atom. The molecule has 3 heteroatoms. The van der Waals surface area contributed by atoms with Gasteiger partial charge in [-0.15, -0.1) is 11.8 Å². The molecule has 0 spiro atoms. The Morgan fingerprint density at radius 1 is 1.58 bits per heavy atom. The largest absolute Gasteiger partial charge is 0.371 e. The summed E-state index contributed by atoms with van der Waals surface area (Å²) in [6.45, 7) is 3.94. The molecule has 2 nitrogen and oxygen atoms in total. The van der Waals surface area contributed by atoms with Crippen LogP contribution in [-0.4, -0.2) is 24.8 Å². The summed E-state index contributed by atoms with van der Waals surface area (Å²) in [5.41, 5.74) is 5.49. The molecule has 0 aromatic heterocycles. The fourth-order valence-corrected chi connectivity index (χ4v) is 1.72. The zero-order valence-corrected chi connectivity index (χ0v) is 8.61. The van der Waals surface area contributed by atoms with Crippen LogP contribution < -0.4 is 5.73 Å². The lowest BCUT2D eigenvalue weighted by molar-refractivity contribution is 0.171. The summed E-state index contributed by atoms with van der Waals surface area (Å²) in [5, 5.41) is 0. The highest BCUT2D eigenvalue weighted by Crippen LogP contribution is 2.29. The average molecular weight is 189 g/mol. The zero-order chi connectivity index (χ0) is 8.81. The molecule has 0 aromatic rings. The van der Waals surface area contributed by atoms with Gasteiger partial charge in [0.05, 0.1) is 12.5 Å². The van der Waals surface area contributed by atoms with Crippen LogP contribution in [0.15, 0.2) is 0 Å². The van der Waals surface area contributed by atoms with E-state index < -0.39 is 0 Å². The van der Waals surface area contributed by atoms with E-state index in [1.807, 2.05) is 11.8 Å². The molecule has 0 bridgehead atoms. The second-order valence-corrected chi connectivity index (χ2v) is 4.62. The van der Waals surface area contributed by atoms with Crippen molar-refractivity contribution in [2.75, 3.05) is 24.8 Å². The van der Waals surface area contributed by atoms with Gasteiger partial charge in [-0.3, -0.25) is 0 Å². The molecule has 72 valence electrons. The fourth-order valence-electron chi connectivity index (χ4n) is 0.876. The fraction of sp³-hybridized carbons (Fsp3) is 1.00. The molecule has 12 heavy (non-hydrogen) atoms. The van der Waals surface area contributed by atoms with E-state index in [0.29, 0.717) is 5.92 Å². The molecule has 0 aliphatic heterocycles. The van der Waals surface area contributed by atoms with Gasteiger partial charge in [0.25, 0.3) is 0 Å². The van der Waals surface area contributed by atoms with Gasteiger partial charge in [0.2, 0.25) is 0 Å². The monoisotopic (exact) mass is 189 g/mol. The Hall–Kier alpha value is 0.270. The SMILES string of the molecule is CC(CN)CSCOCC1CC1. The van der Waals surface area contributed by atoms with Crippen molar-refractivity contribution < 1.29 is 4.74 Å². The zero-order valence-electron chi connectivity index (χ0n) is 7.79. The van der Waals surface area contributed by atoms with Crippen molar-refractivity contribution in [2.45, 2.75) is 19.8 Å². The van der Waals surface area contributed by atoms with Gasteiger partial charge in [0.1, 0.15) is 0 Å². The van der Waals surface area contributed by atoms with E-state index in [2.05, 4.69) is 6.92 Å². The second kappa shape index (κ2) is 5.84. The number of hydrogen-bond donors (Lipinski definition) is 1. The molecule has 0 heterocycles. The van der Waals surface area contributed by atoms with Crippen LogP contribution in [-0.2, 0) is 4.74 Å². The lowest BCUT2D eigenvalue weighted by Gasteiger charge is -2.07. The smallest absolute Gasteiger partial charge is 0.0921 e. The molecule has 1 aliphatic rings. The van der Waals surface area contributed by atoms with Crippen molar-refractivity contribution in [2.24, 2.45) is 17.6 Å². The molecule has 2 N–H and O–H groups in total. The number of nitrogens with two attached hydrogens (primary N) is 1. The van der Waals surface area contributed by atoms with Gasteiger partial charge >= 0.3 is 0 Å². The first-order chi connectivity index (χ1) is 5.83. The molecular weight excluding hydrogens is 170 g/mol. The molecule has 0 radical (unpaired) electrons. The normalized spacial score (nSPS) is 19.5. The van der Waals surface area contributed by atoms with Crippen LogP contribution in [0.4, 0.5) is 0 Å². The van der Waals surface area contributed by atoms with Gasteiger partial charge in [0.15, 0.2) is 0 Å². The lowest BCUT2D eigenvalue weighted by Crippen LogP contribution is -2.13. The average Bonchev–Trinajstić information content (AvgIpc) is 2.87. The topological polar surface area (TPSA) is 35.2 Å². The molecule has 1 saturated carbocycles. The molecular formula is C9H19NOS. The van der Waals surface area contributed by atoms with E-state index in [4.69, 9.17) is 10.5 Å². The maximum absolute atomic E-state index is 5.49. The molecule has 1 atom stereocenters. The maximum atomic E-state index is 5.49. The van der Waals surface area contributed by atoms with E-state index >= 15 is 0 Å². The van der Waals surface area contributed by atoms with Crippen LogP contribution in [0.3, 0.4) is 0 Å². The van der Waals surface area contributed by atoms with E-state index in [9.17, 15) is 0 Å². The highest BCUT2D eigenvalue weighted by Gasteiger charge is 2.20. The van der Waals surface area contributed by atoms with Crippen LogP contribution in [0.5, 0.6) is 0 Å². The summed E-state index contributed by atoms with van der Waals surface area (Å²) >= 11 is 1.85. The van der Waals surface area contributed by atoms with Crippen LogP contribution in [0.1, 0.15) is 19.8 Å². The van der Waals surface area contributed by atoms with Gasteiger partial charge in [0, 0.05) is 0 Å². The van der Waals surface area contributed by atoms with Crippen molar-refractivity contribution in [1.82, 2.24) is 0 Å². The van der Waals surface area contributed by atoms with Crippen LogP contribution in [0, 0.1) is 11.8 Å². The third-order valence-electron chi connectivity index (χ3n) is 2.02. The minimum absolute atomic E-state index is 0.625.